The average molecular weight is 388 g/mol. The zero-order valence-corrected chi connectivity index (χ0v) is 15.4. The quantitative estimate of drug-likeness (QED) is 0.388. The summed E-state index contributed by atoms with van der Waals surface area (Å²) in [5, 5.41) is 13.9. The molecule has 0 radical (unpaired) electrons. The molecule has 0 spiro atoms. The Kier molecular flexibility index (Phi) is 4.70. The second-order valence-electron chi connectivity index (χ2n) is 6.38. The van der Waals surface area contributed by atoms with Crippen molar-refractivity contribution in [3.8, 4) is 11.3 Å². The maximum atomic E-state index is 12.2. The number of nitrogens with zero attached hydrogens (tertiary/aromatic N) is 1. The van der Waals surface area contributed by atoms with Crippen molar-refractivity contribution in [1.82, 2.24) is 5.43 Å². The lowest BCUT2D eigenvalue weighted by atomic mass is 10.0. The van der Waals surface area contributed by atoms with Gasteiger partial charge in [0.15, 0.2) is 5.76 Å². The third kappa shape index (κ3) is 3.79. The number of hydrogen-bond acceptors (Lipinski definition) is 5. The van der Waals surface area contributed by atoms with E-state index in [4.69, 9.17) is 13.9 Å². The number of hydrazone groups is 1. The Balaban J connectivity index is 1.48. The van der Waals surface area contributed by atoms with Gasteiger partial charge < -0.3 is 13.9 Å². The first-order valence-electron chi connectivity index (χ1n) is 8.77. The van der Waals surface area contributed by atoms with Crippen LogP contribution in [0.1, 0.15) is 32.2 Å². The summed E-state index contributed by atoms with van der Waals surface area (Å²) in [4.78, 5) is 23.4. The molecule has 4 rings (SSSR count). The number of hydrogen-bond donors (Lipinski definition) is 2. The molecule has 29 heavy (non-hydrogen) atoms. The number of para-hydroxylation sites is 1. The summed E-state index contributed by atoms with van der Waals surface area (Å²) in [5.74, 6) is -0.410. The predicted octanol–water partition coefficient (Wildman–Crippen LogP) is 4.46. The van der Waals surface area contributed by atoms with Crippen LogP contribution in [0.3, 0.4) is 0 Å². The molecule has 4 aromatic rings. The van der Waals surface area contributed by atoms with Crippen LogP contribution in [0.5, 0.6) is 0 Å². The molecule has 2 aromatic heterocycles. The first-order chi connectivity index (χ1) is 14.0. The van der Waals surface area contributed by atoms with E-state index in [-0.39, 0.29) is 11.3 Å². The van der Waals surface area contributed by atoms with Crippen molar-refractivity contribution in [2.24, 2.45) is 5.10 Å². The first kappa shape index (κ1) is 18.2. The molecule has 7 heteroatoms. The number of amides is 1. The lowest BCUT2D eigenvalue weighted by molar-refractivity contribution is 0.0696. The van der Waals surface area contributed by atoms with E-state index >= 15 is 0 Å². The number of benzene rings is 2. The van der Waals surface area contributed by atoms with Gasteiger partial charge in [0.2, 0.25) is 0 Å². The highest BCUT2D eigenvalue weighted by atomic mass is 16.4. The van der Waals surface area contributed by atoms with Crippen LogP contribution in [0, 0.1) is 6.92 Å². The Hall–Kier alpha value is -4.13. The van der Waals surface area contributed by atoms with Crippen LogP contribution in [-0.4, -0.2) is 23.2 Å². The smallest absolute Gasteiger partial charge is 0.335 e. The van der Waals surface area contributed by atoms with Crippen LogP contribution in [-0.2, 0) is 0 Å². The van der Waals surface area contributed by atoms with Gasteiger partial charge in [-0.2, -0.15) is 5.10 Å². The van der Waals surface area contributed by atoms with Gasteiger partial charge in [0.1, 0.15) is 17.1 Å². The summed E-state index contributed by atoms with van der Waals surface area (Å²) in [6.07, 6.45) is 1.36. The van der Waals surface area contributed by atoms with Crippen LogP contribution >= 0.6 is 0 Å². The van der Waals surface area contributed by atoms with Crippen molar-refractivity contribution in [3.63, 3.8) is 0 Å². The molecule has 7 nitrogen and oxygen atoms in total. The minimum absolute atomic E-state index is 0.157. The summed E-state index contributed by atoms with van der Waals surface area (Å²) in [6, 6.07) is 17.2. The molecule has 0 atom stereocenters. The molecular weight excluding hydrogens is 372 g/mol. The number of furan rings is 2. The summed E-state index contributed by atoms with van der Waals surface area (Å²) in [7, 11) is 0. The number of rotatable bonds is 5. The lowest BCUT2D eigenvalue weighted by Gasteiger charge is -2.04. The lowest BCUT2D eigenvalue weighted by Crippen LogP contribution is -2.16. The number of nitrogens with one attached hydrogen (secondary N) is 1. The zero-order chi connectivity index (χ0) is 20.4. The number of carbonyl (C=O) groups is 2. The van der Waals surface area contributed by atoms with Crippen molar-refractivity contribution >= 4 is 29.1 Å². The fourth-order valence-electron chi connectivity index (χ4n) is 2.89. The van der Waals surface area contributed by atoms with Gasteiger partial charge in [-0.15, -0.1) is 0 Å². The third-order valence-electron chi connectivity index (χ3n) is 4.38. The normalized spacial score (nSPS) is 11.2. The number of aromatic carboxylic acids is 1. The zero-order valence-electron chi connectivity index (χ0n) is 15.4. The van der Waals surface area contributed by atoms with Gasteiger partial charge in [0, 0.05) is 10.9 Å². The molecule has 0 saturated heterocycles. The SMILES string of the molecule is Cc1ccc(C(=O)O)cc1-c1ccc(/C=N/NC(=O)c2cc3ccccc3o2)o1. The molecule has 0 fully saturated rings. The Morgan fingerprint density at radius 2 is 1.86 bits per heavy atom. The minimum atomic E-state index is -1.01. The van der Waals surface area contributed by atoms with Crippen molar-refractivity contribution in [2.75, 3.05) is 0 Å². The Labute approximate surface area is 165 Å². The van der Waals surface area contributed by atoms with Crippen molar-refractivity contribution in [2.45, 2.75) is 6.92 Å². The second kappa shape index (κ2) is 7.47. The molecule has 0 saturated carbocycles. The van der Waals surface area contributed by atoms with E-state index in [1.807, 2.05) is 25.1 Å². The van der Waals surface area contributed by atoms with E-state index in [1.54, 1.807) is 42.5 Å². The van der Waals surface area contributed by atoms with Crippen LogP contribution in [0.2, 0.25) is 0 Å². The highest BCUT2D eigenvalue weighted by Gasteiger charge is 2.12. The molecule has 2 N–H and O–H groups in total. The summed E-state index contributed by atoms with van der Waals surface area (Å²) in [6.45, 7) is 1.87. The fourth-order valence-corrected chi connectivity index (χ4v) is 2.89. The second-order valence-corrected chi connectivity index (χ2v) is 6.38. The van der Waals surface area contributed by atoms with Crippen LogP contribution in [0.25, 0.3) is 22.3 Å². The van der Waals surface area contributed by atoms with E-state index in [1.165, 1.54) is 6.21 Å². The number of carboxylic acids is 1. The van der Waals surface area contributed by atoms with Crippen molar-refractivity contribution in [3.05, 3.63) is 83.3 Å². The molecule has 2 aromatic carbocycles. The van der Waals surface area contributed by atoms with Crippen molar-refractivity contribution in [1.29, 1.82) is 0 Å². The maximum absolute atomic E-state index is 12.2. The van der Waals surface area contributed by atoms with Gasteiger partial charge in [0.25, 0.3) is 0 Å². The standard InChI is InChI=1S/C22H16N2O5/c1-13-6-7-15(22(26)27)10-17(13)19-9-8-16(28-19)12-23-24-21(25)20-11-14-4-2-3-5-18(14)29-20/h2-12H,1H3,(H,24,25)(H,26,27)/b23-12+. The van der Waals surface area contributed by atoms with E-state index < -0.39 is 11.9 Å². The van der Waals surface area contributed by atoms with Crippen LogP contribution in [0.15, 0.2) is 74.6 Å². The number of aryl methyl sites for hydroxylation is 1. The summed E-state index contributed by atoms with van der Waals surface area (Å²) < 4.78 is 11.2. The molecule has 0 unspecified atom stereocenters. The monoisotopic (exact) mass is 388 g/mol. The highest BCUT2D eigenvalue weighted by molar-refractivity contribution is 5.96. The van der Waals surface area contributed by atoms with Gasteiger partial charge in [-0.25, -0.2) is 10.2 Å². The van der Waals surface area contributed by atoms with Crippen LogP contribution in [0.4, 0.5) is 0 Å². The van der Waals surface area contributed by atoms with Gasteiger partial charge in [-0.05, 0) is 48.9 Å². The maximum Gasteiger partial charge on any atom is 0.335 e. The third-order valence-corrected chi connectivity index (χ3v) is 4.38. The Bertz CT molecular complexity index is 1220. The Morgan fingerprint density at radius 1 is 1.03 bits per heavy atom. The van der Waals surface area contributed by atoms with Crippen molar-refractivity contribution < 1.29 is 23.5 Å². The minimum Gasteiger partial charge on any atom is -0.478 e. The first-order valence-corrected chi connectivity index (χ1v) is 8.77. The summed E-state index contributed by atoms with van der Waals surface area (Å²) in [5.41, 5.74) is 4.75. The largest absolute Gasteiger partial charge is 0.478 e. The van der Waals surface area contributed by atoms with Gasteiger partial charge in [-0.1, -0.05) is 24.3 Å². The van der Waals surface area contributed by atoms with Gasteiger partial charge in [0.05, 0.1) is 11.8 Å². The highest BCUT2D eigenvalue weighted by Crippen LogP contribution is 2.26. The predicted molar refractivity (Wildman–Crippen MR) is 107 cm³/mol. The molecule has 144 valence electrons. The average Bonchev–Trinajstić information content (AvgIpc) is 3.35. The van der Waals surface area contributed by atoms with E-state index in [9.17, 15) is 9.59 Å². The molecule has 1 amide bonds. The fraction of sp³-hybridized carbons (Fsp3) is 0.0455. The summed E-state index contributed by atoms with van der Waals surface area (Å²) >= 11 is 0. The van der Waals surface area contributed by atoms with E-state index in [0.29, 0.717) is 22.7 Å². The topological polar surface area (TPSA) is 105 Å². The number of carboxylic acid groups (broad SMARTS) is 1. The molecule has 2 heterocycles. The molecule has 0 aliphatic heterocycles. The number of fused-ring (bicyclic) bond motifs is 1. The molecule has 0 bridgehead atoms. The molecule has 0 aliphatic carbocycles. The van der Waals surface area contributed by atoms with E-state index in [2.05, 4.69) is 10.5 Å². The van der Waals surface area contributed by atoms with E-state index in [0.717, 1.165) is 10.9 Å². The van der Waals surface area contributed by atoms with Gasteiger partial charge >= 0.3 is 11.9 Å². The molecule has 0 aliphatic rings. The Morgan fingerprint density at radius 3 is 2.66 bits per heavy atom. The van der Waals surface area contributed by atoms with Gasteiger partial charge in [-0.3, -0.25) is 4.79 Å². The number of carbonyl (C=O) groups excluding carboxylic acids is 1. The molecular formula is C22H16N2O5. The van der Waals surface area contributed by atoms with Crippen LogP contribution < -0.4 is 5.43 Å².